The lowest BCUT2D eigenvalue weighted by atomic mass is 10.1. The first-order valence-electron chi connectivity index (χ1n) is 9.37. The molecule has 0 spiro atoms. The molecule has 1 aromatic carbocycles. The van der Waals surface area contributed by atoms with Crippen molar-refractivity contribution in [3.63, 3.8) is 0 Å². The predicted molar refractivity (Wildman–Crippen MR) is 115 cm³/mol. The smallest absolute Gasteiger partial charge is 0.337 e. The molecule has 0 radical (unpaired) electrons. The van der Waals surface area contributed by atoms with Crippen molar-refractivity contribution in [2.24, 2.45) is 0 Å². The fourth-order valence-corrected chi connectivity index (χ4v) is 4.18. The third kappa shape index (κ3) is 5.94. The van der Waals surface area contributed by atoms with E-state index in [4.69, 9.17) is 16.0 Å². The van der Waals surface area contributed by atoms with E-state index < -0.39 is 28.4 Å². The third-order valence-electron chi connectivity index (χ3n) is 4.43. The number of nitrogens with zero attached hydrogens (tertiary/aromatic N) is 2. The lowest BCUT2D eigenvalue weighted by Crippen LogP contribution is -2.40. The molecule has 0 aliphatic carbocycles. The number of hydrogen-bond acceptors (Lipinski definition) is 7. The lowest BCUT2D eigenvalue weighted by Gasteiger charge is -2.20. The molecule has 2 aromatic heterocycles. The lowest BCUT2D eigenvalue weighted by molar-refractivity contribution is -0.121. The molecular weight excluding hydrogens is 458 g/mol. The molecule has 0 aliphatic rings. The van der Waals surface area contributed by atoms with Crippen LogP contribution in [0.4, 0.5) is 0 Å². The van der Waals surface area contributed by atoms with Gasteiger partial charge in [0.2, 0.25) is 15.9 Å². The van der Waals surface area contributed by atoms with Crippen LogP contribution in [0.5, 0.6) is 0 Å². The number of benzene rings is 1. The van der Waals surface area contributed by atoms with E-state index in [1.807, 2.05) is 0 Å². The number of carbonyl (C=O) groups excluding carboxylic acids is 2. The third-order valence-corrected chi connectivity index (χ3v) is 6.43. The van der Waals surface area contributed by atoms with E-state index in [-0.39, 0.29) is 23.1 Å². The number of nitrogens with one attached hydrogen (secondary N) is 1. The quantitative estimate of drug-likeness (QED) is 0.371. The van der Waals surface area contributed by atoms with Crippen LogP contribution in [0.3, 0.4) is 0 Å². The van der Waals surface area contributed by atoms with Crippen molar-refractivity contribution in [3.05, 3.63) is 83.0 Å². The van der Waals surface area contributed by atoms with Gasteiger partial charge in [-0.15, -0.1) is 0 Å². The maximum Gasteiger partial charge on any atom is 0.337 e. The molecule has 2 heterocycles. The first kappa shape index (κ1) is 23.5. The van der Waals surface area contributed by atoms with Crippen LogP contribution in [-0.2, 0) is 32.6 Å². The molecule has 1 amide bonds. The Labute approximate surface area is 190 Å². The molecule has 3 aromatic rings. The predicted octanol–water partition coefficient (Wildman–Crippen LogP) is 2.62. The molecule has 0 atom stereocenters. The number of sulfonamides is 1. The summed E-state index contributed by atoms with van der Waals surface area (Å²) in [5.74, 6) is -0.600. The van der Waals surface area contributed by atoms with Crippen LogP contribution in [0, 0.1) is 0 Å². The number of hydrogen-bond donors (Lipinski definition) is 1. The standard InChI is InChI=1S/C21H20ClN3O6S/c1-30-21(27)16-6-4-15(5-7-16)11-24-20(26)14-25(13-17-3-2-10-31-17)32(28,29)18-8-9-19(22)23-12-18/h2-10,12H,11,13-14H2,1H3,(H,24,26). The van der Waals surface area contributed by atoms with Gasteiger partial charge in [0.1, 0.15) is 15.8 Å². The van der Waals surface area contributed by atoms with Gasteiger partial charge < -0.3 is 14.5 Å². The van der Waals surface area contributed by atoms with Crippen LogP contribution in [0.25, 0.3) is 0 Å². The Morgan fingerprint density at radius 2 is 1.91 bits per heavy atom. The summed E-state index contributed by atoms with van der Waals surface area (Å²) in [6, 6.07) is 12.4. The topological polar surface area (TPSA) is 119 Å². The number of amides is 1. The zero-order valence-corrected chi connectivity index (χ0v) is 18.6. The minimum Gasteiger partial charge on any atom is -0.468 e. The van der Waals surface area contributed by atoms with Gasteiger partial charge in [0.25, 0.3) is 0 Å². The molecule has 0 aliphatic heterocycles. The number of aromatic nitrogens is 1. The number of pyridine rings is 1. The van der Waals surface area contributed by atoms with Crippen LogP contribution in [0.15, 0.2) is 70.3 Å². The van der Waals surface area contributed by atoms with E-state index in [0.29, 0.717) is 11.3 Å². The number of esters is 1. The van der Waals surface area contributed by atoms with E-state index in [9.17, 15) is 18.0 Å². The van der Waals surface area contributed by atoms with Crippen LogP contribution in [-0.4, -0.2) is 43.2 Å². The van der Waals surface area contributed by atoms with Crippen molar-refractivity contribution < 1.29 is 27.2 Å². The molecule has 0 saturated heterocycles. The molecule has 32 heavy (non-hydrogen) atoms. The molecule has 168 valence electrons. The molecule has 11 heteroatoms. The number of carbonyl (C=O) groups is 2. The summed E-state index contributed by atoms with van der Waals surface area (Å²) >= 11 is 5.75. The summed E-state index contributed by atoms with van der Waals surface area (Å²) in [6.45, 7) is -0.428. The second-order valence-electron chi connectivity index (χ2n) is 6.63. The van der Waals surface area contributed by atoms with Gasteiger partial charge in [-0.3, -0.25) is 4.79 Å². The first-order valence-corrected chi connectivity index (χ1v) is 11.2. The molecule has 1 N–H and O–H groups in total. The van der Waals surface area contributed by atoms with Crippen molar-refractivity contribution in [1.82, 2.24) is 14.6 Å². The van der Waals surface area contributed by atoms with Gasteiger partial charge in [0.15, 0.2) is 0 Å². The van der Waals surface area contributed by atoms with Gasteiger partial charge in [-0.25, -0.2) is 18.2 Å². The van der Waals surface area contributed by atoms with E-state index >= 15 is 0 Å². The normalized spacial score (nSPS) is 11.3. The minimum absolute atomic E-state index is 0.0975. The van der Waals surface area contributed by atoms with E-state index in [1.165, 1.54) is 25.5 Å². The van der Waals surface area contributed by atoms with Gasteiger partial charge in [-0.2, -0.15) is 4.31 Å². The average Bonchev–Trinajstić information content (AvgIpc) is 3.30. The SMILES string of the molecule is COC(=O)c1ccc(CNC(=O)CN(Cc2ccco2)S(=O)(=O)c2ccc(Cl)nc2)cc1. The highest BCUT2D eigenvalue weighted by Crippen LogP contribution is 2.19. The summed E-state index contributed by atoms with van der Waals surface area (Å²) in [6.07, 6.45) is 2.55. The Kier molecular flexibility index (Phi) is 7.62. The Morgan fingerprint density at radius 1 is 1.16 bits per heavy atom. The van der Waals surface area contributed by atoms with E-state index in [2.05, 4.69) is 15.0 Å². The zero-order valence-electron chi connectivity index (χ0n) is 17.0. The van der Waals surface area contributed by atoms with Gasteiger partial charge in [0, 0.05) is 12.7 Å². The summed E-state index contributed by atoms with van der Waals surface area (Å²) in [5.41, 5.74) is 1.11. The number of halogens is 1. The molecular formula is C21H20ClN3O6S. The Hall–Kier alpha value is -3.21. The monoisotopic (exact) mass is 477 g/mol. The summed E-state index contributed by atoms with van der Waals surface area (Å²) in [5, 5.41) is 2.83. The highest BCUT2D eigenvalue weighted by atomic mass is 35.5. The van der Waals surface area contributed by atoms with Crippen LogP contribution >= 0.6 is 11.6 Å². The molecule has 0 bridgehead atoms. The second kappa shape index (κ2) is 10.4. The van der Waals surface area contributed by atoms with Crippen LogP contribution in [0.1, 0.15) is 21.7 Å². The zero-order chi connectivity index (χ0) is 23.1. The van der Waals surface area contributed by atoms with Crippen molar-refractivity contribution in [2.75, 3.05) is 13.7 Å². The minimum atomic E-state index is -4.05. The number of ether oxygens (including phenoxy) is 1. The molecule has 9 nitrogen and oxygen atoms in total. The van der Waals surface area contributed by atoms with Gasteiger partial charge in [-0.1, -0.05) is 23.7 Å². The summed E-state index contributed by atoms with van der Waals surface area (Å²) in [7, 11) is -2.76. The average molecular weight is 478 g/mol. The molecule has 0 fully saturated rings. The van der Waals surface area contributed by atoms with Gasteiger partial charge in [0.05, 0.1) is 32.0 Å². The fraction of sp³-hybridized carbons (Fsp3) is 0.190. The Bertz CT molecular complexity index is 1160. The van der Waals surface area contributed by atoms with Crippen molar-refractivity contribution in [3.8, 4) is 0 Å². The largest absolute Gasteiger partial charge is 0.468 e. The van der Waals surface area contributed by atoms with Gasteiger partial charge in [-0.05, 0) is 42.0 Å². The van der Waals surface area contributed by atoms with Gasteiger partial charge >= 0.3 is 5.97 Å². The maximum atomic E-state index is 13.1. The highest BCUT2D eigenvalue weighted by Gasteiger charge is 2.28. The first-order chi connectivity index (χ1) is 15.3. The maximum absolute atomic E-state index is 13.1. The number of furan rings is 1. The van der Waals surface area contributed by atoms with Crippen molar-refractivity contribution in [2.45, 2.75) is 18.0 Å². The Balaban J connectivity index is 1.70. The van der Waals surface area contributed by atoms with Crippen LogP contribution < -0.4 is 5.32 Å². The fourth-order valence-electron chi connectivity index (χ4n) is 2.76. The van der Waals surface area contributed by atoms with E-state index in [1.54, 1.807) is 36.4 Å². The Morgan fingerprint density at radius 3 is 2.50 bits per heavy atom. The molecule has 3 rings (SSSR count). The summed E-state index contributed by atoms with van der Waals surface area (Å²) in [4.78, 5) is 27.8. The van der Waals surface area contributed by atoms with E-state index in [0.717, 1.165) is 16.1 Å². The van der Waals surface area contributed by atoms with Crippen LogP contribution in [0.2, 0.25) is 5.15 Å². The van der Waals surface area contributed by atoms with Crippen molar-refractivity contribution >= 4 is 33.5 Å². The second-order valence-corrected chi connectivity index (χ2v) is 8.96. The molecule has 0 saturated carbocycles. The molecule has 0 unspecified atom stereocenters. The highest BCUT2D eigenvalue weighted by molar-refractivity contribution is 7.89. The number of methoxy groups -OCH3 is 1. The summed E-state index contributed by atoms with van der Waals surface area (Å²) < 4.78 is 37.1. The van der Waals surface area contributed by atoms with Crippen molar-refractivity contribution in [1.29, 1.82) is 0 Å². The number of rotatable bonds is 9.